The monoisotopic (exact) mass is 336 g/mol. The van der Waals surface area contributed by atoms with Gasteiger partial charge in [-0.15, -0.1) is 0 Å². The second-order valence-corrected chi connectivity index (χ2v) is 5.39. The highest BCUT2D eigenvalue weighted by molar-refractivity contribution is 5.94. The summed E-state index contributed by atoms with van der Waals surface area (Å²) in [7, 11) is 0. The van der Waals surface area contributed by atoms with Crippen LogP contribution in [0.25, 0.3) is 0 Å². The Morgan fingerprint density at radius 3 is 2.62 bits per heavy atom. The summed E-state index contributed by atoms with van der Waals surface area (Å²) in [5.74, 6) is -2.39. The summed E-state index contributed by atoms with van der Waals surface area (Å²) in [5.41, 5.74) is -2.18. The summed E-state index contributed by atoms with van der Waals surface area (Å²) < 4.78 is 26.7. The van der Waals surface area contributed by atoms with Crippen LogP contribution in [-0.4, -0.2) is 22.5 Å². The van der Waals surface area contributed by atoms with Crippen molar-refractivity contribution in [3.8, 4) is 0 Å². The third kappa shape index (κ3) is 3.90. The Bertz CT molecular complexity index is 793. The summed E-state index contributed by atoms with van der Waals surface area (Å²) in [5, 5.41) is 23.4. The SMILES string of the molecule is C[C@@](O)(CNC(=O)c1cccc([N+](=O)[O-])c1)c1ccc(F)cc1F. The second-order valence-electron chi connectivity index (χ2n) is 5.39. The van der Waals surface area contributed by atoms with Gasteiger partial charge in [-0.05, 0) is 19.1 Å². The van der Waals surface area contributed by atoms with Crippen LogP contribution in [-0.2, 0) is 5.60 Å². The van der Waals surface area contributed by atoms with Crippen LogP contribution in [0, 0.1) is 21.7 Å². The summed E-state index contributed by atoms with van der Waals surface area (Å²) in [6, 6.07) is 7.76. The van der Waals surface area contributed by atoms with Crippen LogP contribution in [0.2, 0.25) is 0 Å². The summed E-state index contributed by atoms with van der Waals surface area (Å²) >= 11 is 0. The molecular formula is C16H14F2N2O4. The van der Waals surface area contributed by atoms with Crippen LogP contribution >= 0.6 is 0 Å². The third-order valence-electron chi connectivity index (χ3n) is 3.42. The maximum absolute atomic E-state index is 13.7. The minimum atomic E-state index is -1.78. The number of rotatable bonds is 5. The van der Waals surface area contributed by atoms with E-state index < -0.39 is 28.1 Å². The lowest BCUT2D eigenvalue weighted by atomic mass is 9.95. The zero-order chi connectivity index (χ0) is 17.9. The Labute approximate surface area is 135 Å². The van der Waals surface area contributed by atoms with Crippen molar-refractivity contribution in [2.45, 2.75) is 12.5 Å². The number of carbonyl (C=O) groups excluding carboxylic acids is 1. The highest BCUT2D eigenvalue weighted by Crippen LogP contribution is 2.23. The number of nitro groups is 1. The average Bonchev–Trinajstić information content (AvgIpc) is 2.52. The molecule has 2 rings (SSSR count). The first kappa shape index (κ1) is 17.5. The van der Waals surface area contributed by atoms with E-state index >= 15 is 0 Å². The van der Waals surface area contributed by atoms with Gasteiger partial charge in [0, 0.05) is 29.3 Å². The molecule has 2 aromatic carbocycles. The van der Waals surface area contributed by atoms with E-state index in [0.29, 0.717) is 6.07 Å². The van der Waals surface area contributed by atoms with Crippen LogP contribution in [0.3, 0.4) is 0 Å². The number of hydrogen-bond acceptors (Lipinski definition) is 4. The molecule has 0 aliphatic carbocycles. The number of nitrogens with one attached hydrogen (secondary N) is 1. The minimum Gasteiger partial charge on any atom is -0.383 e. The topological polar surface area (TPSA) is 92.5 Å². The number of aliphatic hydroxyl groups is 1. The first-order valence-electron chi connectivity index (χ1n) is 6.91. The number of halogens is 2. The fraction of sp³-hybridized carbons (Fsp3) is 0.188. The molecule has 0 radical (unpaired) electrons. The fourth-order valence-electron chi connectivity index (χ4n) is 2.14. The Kier molecular flexibility index (Phi) is 4.89. The molecule has 126 valence electrons. The molecule has 0 fully saturated rings. The highest BCUT2D eigenvalue weighted by atomic mass is 19.1. The molecule has 2 N–H and O–H groups in total. The van der Waals surface area contributed by atoms with Crippen molar-refractivity contribution < 1.29 is 23.6 Å². The molecule has 0 aliphatic rings. The zero-order valence-electron chi connectivity index (χ0n) is 12.6. The number of non-ortho nitro benzene ring substituents is 1. The van der Waals surface area contributed by atoms with E-state index in [1.807, 2.05) is 0 Å². The summed E-state index contributed by atoms with van der Waals surface area (Å²) in [4.78, 5) is 22.1. The number of amides is 1. The van der Waals surface area contributed by atoms with Gasteiger partial charge in [0.1, 0.15) is 17.2 Å². The van der Waals surface area contributed by atoms with Gasteiger partial charge >= 0.3 is 0 Å². The second kappa shape index (κ2) is 6.71. The predicted octanol–water partition coefficient (Wildman–Crippen LogP) is 2.51. The highest BCUT2D eigenvalue weighted by Gasteiger charge is 2.27. The molecule has 6 nitrogen and oxygen atoms in total. The van der Waals surface area contributed by atoms with Gasteiger partial charge in [-0.2, -0.15) is 0 Å². The lowest BCUT2D eigenvalue weighted by molar-refractivity contribution is -0.384. The molecule has 0 saturated carbocycles. The van der Waals surface area contributed by atoms with Crippen LogP contribution in [0.15, 0.2) is 42.5 Å². The molecule has 24 heavy (non-hydrogen) atoms. The summed E-state index contributed by atoms with van der Waals surface area (Å²) in [6.45, 7) is 0.897. The minimum absolute atomic E-state index is 0.0274. The van der Waals surface area contributed by atoms with E-state index in [0.717, 1.165) is 18.2 Å². The van der Waals surface area contributed by atoms with E-state index in [-0.39, 0.29) is 23.4 Å². The number of hydrogen-bond donors (Lipinski definition) is 2. The lowest BCUT2D eigenvalue weighted by Crippen LogP contribution is -2.39. The molecule has 0 spiro atoms. The average molecular weight is 336 g/mol. The van der Waals surface area contributed by atoms with E-state index in [1.165, 1.54) is 25.1 Å². The third-order valence-corrected chi connectivity index (χ3v) is 3.42. The number of carbonyl (C=O) groups is 1. The van der Waals surface area contributed by atoms with E-state index in [4.69, 9.17) is 0 Å². The zero-order valence-corrected chi connectivity index (χ0v) is 12.6. The van der Waals surface area contributed by atoms with Crippen LogP contribution in [0.1, 0.15) is 22.8 Å². The van der Waals surface area contributed by atoms with Gasteiger partial charge in [-0.25, -0.2) is 8.78 Å². The molecule has 0 aromatic heterocycles. The van der Waals surface area contributed by atoms with E-state index in [1.54, 1.807) is 0 Å². The lowest BCUT2D eigenvalue weighted by Gasteiger charge is -2.24. The fourth-order valence-corrected chi connectivity index (χ4v) is 2.14. The number of benzene rings is 2. The van der Waals surface area contributed by atoms with Crippen LogP contribution in [0.4, 0.5) is 14.5 Å². The van der Waals surface area contributed by atoms with Gasteiger partial charge in [0.25, 0.3) is 11.6 Å². The quantitative estimate of drug-likeness (QED) is 0.648. The van der Waals surface area contributed by atoms with Gasteiger partial charge in [-0.3, -0.25) is 14.9 Å². The van der Waals surface area contributed by atoms with Crippen molar-refractivity contribution in [1.82, 2.24) is 5.32 Å². The predicted molar refractivity (Wildman–Crippen MR) is 81.4 cm³/mol. The smallest absolute Gasteiger partial charge is 0.270 e. The van der Waals surface area contributed by atoms with Gasteiger partial charge in [0.05, 0.1) is 11.5 Å². The normalized spacial score (nSPS) is 13.2. The van der Waals surface area contributed by atoms with Crippen molar-refractivity contribution in [2.24, 2.45) is 0 Å². The first-order chi connectivity index (χ1) is 11.2. The molecular weight excluding hydrogens is 322 g/mol. The maximum Gasteiger partial charge on any atom is 0.270 e. The molecule has 0 unspecified atom stereocenters. The van der Waals surface area contributed by atoms with Crippen molar-refractivity contribution >= 4 is 11.6 Å². The van der Waals surface area contributed by atoms with Gasteiger partial charge in [0.15, 0.2) is 0 Å². The molecule has 0 heterocycles. The molecule has 2 aromatic rings. The van der Waals surface area contributed by atoms with Gasteiger partial charge in [0.2, 0.25) is 0 Å². The number of nitro benzene ring substituents is 1. The van der Waals surface area contributed by atoms with Crippen molar-refractivity contribution in [3.63, 3.8) is 0 Å². The maximum atomic E-state index is 13.7. The Balaban J connectivity index is 2.12. The van der Waals surface area contributed by atoms with Crippen LogP contribution < -0.4 is 5.32 Å². The first-order valence-corrected chi connectivity index (χ1v) is 6.91. The molecule has 0 aliphatic heterocycles. The summed E-state index contributed by atoms with van der Waals surface area (Å²) in [6.07, 6.45) is 0. The van der Waals surface area contributed by atoms with Crippen molar-refractivity contribution in [1.29, 1.82) is 0 Å². The van der Waals surface area contributed by atoms with Crippen LogP contribution in [0.5, 0.6) is 0 Å². The van der Waals surface area contributed by atoms with Gasteiger partial charge < -0.3 is 10.4 Å². The Hall–Kier alpha value is -2.87. The molecule has 1 atom stereocenters. The molecule has 8 heteroatoms. The number of nitrogens with zero attached hydrogens (tertiary/aromatic N) is 1. The van der Waals surface area contributed by atoms with Gasteiger partial charge in [-0.1, -0.05) is 12.1 Å². The Morgan fingerprint density at radius 1 is 1.29 bits per heavy atom. The van der Waals surface area contributed by atoms with E-state index in [9.17, 15) is 28.8 Å². The van der Waals surface area contributed by atoms with Crippen molar-refractivity contribution in [2.75, 3.05) is 6.54 Å². The largest absolute Gasteiger partial charge is 0.383 e. The Morgan fingerprint density at radius 2 is 2.00 bits per heavy atom. The van der Waals surface area contributed by atoms with Crippen molar-refractivity contribution in [3.05, 3.63) is 75.3 Å². The molecule has 1 amide bonds. The standard InChI is InChI=1S/C16H14F2N2O4/c1-16(22,13-6-5-11(17)8-14(13)18)9-19-15(21)10-3-2-4-12(7-10)20(23)24/h2-8,22H,9H2,1H3,(H,19,21)/t16-/m1/s1. The molecule has 0 bridgehead atoms. The van der Waals surface area contributed by atoms with E-state index in [2.05, 4.69) is 5.32 Å². The molecule has 0 saturated heterocycles.